The lowest BCUT2D eigenvalue weighted by Crippen LogP contribution is -2.31. The van der Waals surface area contributed by atoms with Gasteiger partial charge in [0.1, 0.15) is 12.4 Å². The van der Waals surface area contributed by atoms with Crippen LogP contribution in [0.25, 0.3) is 0 Å². The summed E-state index contributed by atoms with van der Waals surface area (Å²) >= 11 is 0. The highest BCUT2D eigenvalue weighted by Gasteiger charge is 2.29. The minimum absolute atomic E-state index is 0.105. The number of alkyl halides is 3. The number of nitrogens with zero attached hydrogens (tertiary/aromatic N) is 3. The van der Waals surface area contributed by atoms with E-state index in [2.05, 4.69) is 10.3 Å². The minimum atomic E-state index is -4.31. The lowest BCUT2D eigenvalue weighted by Gasteiger charge is -2.19. The van der Waals surface area contributed by atoms with Gasteiger partial charge >= 0.3 is 6.18 Å². The molecule has 122 valence electrons. The Balaban J connectivity index is 1.78. The molecule has 0 unspecified atom stereocenters. The van der Waals surface area contributed by atoms with Crippen molar-refractivity contribution in [3.8, 4) is 0 Å². The zero-order valence-corrected chi connectivity index (χ0v) is 12.2. The fourth-order valence-corrected chi connectivity index (χ4v) is 2.61. The van der Waals surface area contributed by atoms with E-state index in [-0.39, 0.29) is 24.8 Å². The number of benzene rings is 1. The van der Waals surface area contributed by atoms with Crippen molar-refractivity contribution in [3.05, 3.63) is 48.0 Å². The van der Waals surface area contributed by atoms with Gasteiger partial charge in [-0.3, -0.25) is 9.69 Å². The monoisotopic (exact) mass is 324 g/mol. The van der Waals surface area contributed by atoms with Crippen molar-refractivity contribution >= 4 is 11.6 Å². The van der Waals surface area contributed by atoms with Crippen LogP contribution < -0.4 is 5.32 Å². The van der Waals surface area contributed by atoms with E-state index < -0.39 is 12.7 Å². The van der Waals surface area contributed by atoms with Crippen LogP contribution in [0.2, 0.25) is 0 Å². The summed E-state index contributed by atoms with van der Waals surface area (Å²) in [6.07, 6.45) is -1.67. The highest BCUT2D eigenvalue weighted by atomic mass is 19.4. The first kappa shape index (κ1) is 15.5. The molecule has 0 bridgehead atoms. The van der Waals surface area contributed by atoms with Crippen molar-refractivity contribution in [2.24, 2.45) is 0 Å². The SMILES string of the molecule is O=C1CN(Cc2nccn2CC(F)(F)F)Cc2ccccc2N1. The normalized spacial score (nSPS) is 15.9. The molecule has 5 nitrogen and oxygen atoms in total. The number of para-hydroxylation sites is 1. The molecule has 23 heavy (non-hydrogen) atoms. The molecular formula is C15H15F3N4O. The van der Waals surface area contributed by atoms with Gasteiger partial charge in [0.05, 0.1) is 13.1 Å². The van der Waals surface area contributed by atoms with Gasteiger partial charge in [-0.05, 0) is 11.6 Å². The third-order valence-corrected chi connectivity index (χ3v) is 3.57. The van der Waals surface area contributed by atoms with Gasteiger partial charge in [-0.1, -0.05) is 18.2 Å². The number of anilines is 1. The number of rotatable bonds is 3. The second-order valence-electron chi connectivity index (χ2n) is 5.44. The van der Waals surface area contributed by atoms with E-state index in [0.717, 1.165) is 15.8 Å². The number of aromatic nitrogens is 2. The number of halogens is 3. The maximum atomic E-state index is 12.6. The largest absolute Gasteiger partial charge is 0.406 e. The molecule has 0 aliphatic carbocycles. The fraction of sp³-hybridized carbons (Fsp3) is 0.333. The van der Waals surface area contributed by atoms with Gasteiger partial charge in [0.25, 0.3) is 0 Å². The van der Waals surface area contributed by atoms with Crippen LogP contribution in [0, 0.1) is 0 Å². The number of hydrogen-bond acceptors (Lipinski definition) is 3. The maximum absolute atomic E-state index is 12.6. The summed E-state index contributed by atoms with van der Waals surface area (Å²) in [5.41, 5.74) is 1.66. The van der Waals surface area contributed by atoms with Gasteiger partial charge in [0, 0.05) is 24.6 Å². The number of imidazole rings is 1. The molecule has 8 heteroatoms. The number of nitrogens with one attached hydrogen (secondary N) is 1. The molecule has 3 rings (SSSR count). The lowest BCUT2D eigenvalue weighted by atomic mass is 10.2. The Bertz CT molecular complexity index is 711. The standard InChI is InChI=1S/C15H15F3N4O/c16-15(17,18)10-22-6-5-19-13(22)8-21-7-11-3-1-2-4-12(11)20-14(23)9-21/h1-6H,7-10H2,(H,20,23). The van der Waals surface area contributed by atoms with Gasteiger partial charge in [0.2, 0.25) is 5.91 Å². The average molecular weight is 324 g/mol. The molecule has 1 aliphatic heterocycles. The molecule has 0 atom stereocenters. The quantitative estimate of drug-likeness (QED) is 0.943. The summed E-state index contributed by atoms with van der Waals surface area (Å²) in [6, 6.07) is 7.38. The van der Waals surface area contributed by atoms with E-state index in [1.54, 1.807) is 11.0 Å². The molecule has 2 aromatic rings. The Kier molecular flexibility index (Phi) is 4.08. The molecule has 1 aliphatic rings. The van der Waals surface area contributed by atoms with Gasteiger partial charge in [-0.15, -0.1) is 0 Å². The molecule has 0 fully saturated rings. The predicted octanol–water partition coefficient (Wildman–Crippen LogP) is 2.40. The third kappa shape index (κ3) is 3.89. The molecule has 0 radical (unpaired) electrons. The summed E-state index contributed by atoms with van der Waals surface area (Å²) in [5, 5.41) is 2.80. The Morgan fingerprint density at radius 1 is 1.22 bits per heavy atom. The van der Waals surface area contributed by atoms with Gasteiger partial charge in [-0.2, -0.15) is 13.2 Å². The smallest absolute Gasteiger partial charge is 0.325 e. The number of hydrogen-bond donors (Lipinski definition) is 1. The summed E-state index contributed by atoms with van der Waals surface area (Å²) < 4.78 is 38.8. The van der Waals surface area contributed by atoms with E-state index in [1.807, 2.05) is 18.2 Å². The summed E-state index contributed by atoms with van der Waals surface area (Å²) in [4.78, 5) is 17.7. The summed E-state index contributed by atoms with van der Waals surface area (Å²) in [6.45, 7) is -0.342. The van der Waals surface area contributed by atoms with E-state index in [9.17, 15) is 18.0 Å². The summed E-state index contributed by atoms with van der Waals surface area (Å²) in [5.74, 6) is 0.0957. The van der Waals surface area contributed by atoms with Crippen molar-refractivity contribution in [3.63, 3.8) is 0 Å². The Labute approximate surface area is 130 Å². The number of fused-ring (bicyclic) bond motifs is 1. The molecule has 1 aromatic heterocycles. The molecular weight excluding hydrogens is 309 g/mol. The molecule has 0 spiro atoms. The zero-order valence-electron chi connectivity index (χ0n) is 12.2. The van der Waals surface area contributed by atoms with E-state index in [1.165, 1.54) is 12.4 Å². The summed E-state index contributed by atoms with van der Waals surface area (Å²) in [7, 11) is 0. The first-order valence-corrected chi connectivity index (χ1v) is 7.07. The van der Waals surface area contributed by atoms with Crippen molar-refractivity contribution < 1.29 is 18.0 Å². The molecule has 1 aromatic carbocycles. The third-order valence-electron chi connectivity index (χ3n) is 3.57. The van der Waals surface area contributed by atoms with Crippen LogP contribution in [0.15, 0.2) is 36.7 Å². The fourth-order valence-electron chi connectivity index (χ4n) is 2.61. The van der Waals surface area contributed by atoms with Crippen molar-refractivity contribution in [2.45, 2.75) is 25.8 Å². The highest BCUT2D eigenvalue weighted by Crippen LogP contribution is 2.22. The van der Waals surface area contributed by atoms with Gasteiger partial charge < -0.3 is 9.88 Å². The van der Waals surface area contributed by atoms with Crippen LogP contribution in [0.4, 0.5) is 18.9 Å². The Morgan fingerprint density at radius 3 is 2.78 bits per heavy atom. The topological polar surface area (TPSA) is 50.2 Å². The first-order valence-electron chi connectivity index (χ1n) is 7.07. The second kappa shape index (κ2) is 6.04. The molecule has 0 saturated heterocycles. The number of amides is 1. The Hall–Kier alpha value is -2.35. The first-order chi connectivity index (χ1) is 10.9. The maximum Gasteiger partial charge on any atom is 0.406 e. The molecule has 0 saturated carbocycles. The molecule has 1 amide bonds. The van der Waals surface area contributed by atoms with E-state index in [0.29, 0.717) is 6.54 Å². The number of carbonyl (C=O) groups excluding carboxylic acids is 1. The van der Waals surface area contributed by atoms with Crippen molar-refractivity contribution in [1.82, 2.24) is 14.5 Å². The lowest BCUT2D eigenvalue weighted by molar-refractivity contribution is -0.141. The van der Waals surface area contributed by atoms with Crippen LogP contribution in [-0.4, -0.2) is 33.1 Å². The predicted molar refractivity (Wildman–Crippen MR) is 77.5 cm³/mol. The van der Waals surface area contributed by atoms with E-state index in [4.69, 9.17) is 0 Å². The van der Waals surface area contributed by atoms with Crippen molar-refractivity contribution in [1.29, 1.82) is 0 Å². The second-order valence-corrected chi connectivity index (χ2v) is 5.44. The number of carbonyl (C=O) groups is 1. The van der Waals surface area contributed by atoms with Crippen molar-refractivity contribution in [2.75, 3.05) is 11.9 Å². The molecule has 2 heterocycles. The van der Waals surface area contributed by atoms with Gasteiger partial charge in [0.15, 0.2) is 0 Å². The Morgan fingerprint density at radius 2 is 2.00 bits per heavy atom. The van der Waals surface area contributed by atoms with Gasteiger partial charge in [-0.25, -0.2) is 4.98 Å². The highest BCUT2D eigenvalue weighted by molar-refractivity contribution is 5.93. The minimum Gasteiger partial charge on any atom is -0.325 e. The average Bonchev–Trinajstić information content (AvgIpc) is 2.78. The van der Waals surface area contributed by atoms with Crippen LogP contribution >= 0.6 is 0 Å². The van der Waals surface area contributed by atoms with Crippen LogP contribution in [-0.2, 0) is 24.4 Å². The van der Waals surface area contributed by atoms with Crippen LogP contribution in [0.3, 0.4) is 0 Å². The van der Waals surface area contributed by atoms with E-state index >= 15 is 0 Å². The van der Waals surface area contributed by atoms with Crippen LogP contribution in [0.5, 0.6) is 0 Å². The zero-order chi connectivity index (χ0) is 16.4. The molecule has 1 N–H and O–H groups in total. The van der Waals surface area contributed by atoms with Crippen LogP contribution in [0.1, 0.15) is 11.4 Å².